The predicted octanol–water partition coefficient (Wildman–Crippen LogP) is 2.92. The zero-order valence-electron chi connectivity index (χ0n) is 10.8. The van der Waals surface area contributed by atoms with Crippen LogP contribution in [0, 0.1) is 13.8 Å². The van der Waals surface area contributed by atoms with E-state index in [1.165, 1.54) is 15.3 Å². The quantitative estimate of drug-likeness (QED) is 0.741. The van der Waals surface area contributed by atoms with Gasteiger partial charge in [-0.1, -0.05) is 13.8 Å². The van der Waals surface area contributed by atoms with Crippen LogP contribution in [0.5, 0.6) is 0 Å². The molecule has 92 valence electrons. The van der Waals surface area contributed by atoms with Crippen LogP contribution in [-0.2, 0) is 11.2 Å². The van der Waals surface area contributed by atoms with Gasteiger partial charge in [-0.15, -0.1) is 11.3 Å². The van der Waals surface area contributed by atoms with Crippen LogP contribution >= 0.6 is 11.3 Å². The van der Waals surface area contributed by atoms with Crippen molar-refractivity contribution in [1.29, 1.82) is 0 Å². The maximum absolute atomic E-state index is 5.59. The van der Waals surface area contributed by atoms with E-state index in [2.05, 4.69) is 39.1 Å². The van der Waals surface area contributed by atoms with Crippen LogP contribution in [0.2, 0.25) is 0 Å². The predicted molar refractivity (Wildman–Crippen MR) is 71.5 cm³/mol. The molecule has 0 aromatic carbocycles. The van der Waals surface area contributed by atoms with E-state index < -0.39 is 0 Å². The van der Waals surface area contributed by atoms with Crippen molar-refractivity contribution in [2.24, 2.45) is 0 Å². The molecule has 0 atom stereocenters. The van der Waals surface area contributed by atoms with E-state index in [9.17, 15) is 0 Å². The molecule has 0 bridgehead atoms. The van der Waals surface area contributed by atoms with Crippen molar-refractivity contribution in [1.82, 2.24) is 5.32 Å². The normalized spacial score (nSPS) is 11.3. The van der Waals surface area contributed by atoms with Crippen LogP contribution in [0.15, 0.2) is 6.07 Å². The van der Waals surface area contributed by atoms with Gasteiger partial charge in [-0.2, -0.15) is 0 Å². The fourth-order valence-corrected chi connectivity index (χ4v) is 2.61. The Morgan fingerprint density at radius 2 is 2.06 bits per heavy atom. The Kier molecular flexibility index (Phi) is 6.03. The lowest BCUT2D eigenvalue weighted by atomic mass is 10.2. The molecular weight excluding hydrogens is 218 g/mol. The summed E-state index contributed by atoms with van der Waals surface area (Å²) in [5.41, 5.74) is 1.44. The van der Waals surface area contributed by atoms with E-state index in [1.54, 1.807) is 0 Å². The lowest BCUT2D eigenvalue weighted by Crippen LogP contribution is -2.26. The van der Waals surface area contributed by atoms with Gasteiger partial charge in [0.2, 0.25) is 0 Å². The maximum atomic E-state index is 5.59. The number of ether oxygens (including phenoxy) is 1. The Bertz CT molecular complexity index is 307. The first-order valence-corrected chi connectivity index (χ1v) is 6.78. The van der Waals surface area contributed by atoms with Crippen molar-refractivity contribution >= 4 is 11.3 Å². The van der Waals surface area contributed by atoms with Crippen molar-refractivity contribution in [3.05, 3.63) is 21.4 Å². The zero-order valence-corrected chi connectivity index (χ0v) is 11.6. The number of rotatable bonds is 7. The summed E-state index contributed by atoms with van der Waals surface area (Å²) in [6.07, 6.45) is 1.04. The molecule has 0 amide bonds. The monoisotopic (exact) mass is 241 g/mol. The van der Waals surface area contributed by atoms with Crippen molar-refractivity contribution < 1.29 is 4.74 Å². The second-order valence-corrected chi connectivity index (χ2v) is 5.87. The number of thiophene rings is 1. The molecule has 0 saturated carbocycles. The minimum Gasteiger partial charge on any atom is -0.380 e. The minimum atomic E-state index is 0.547. The molecular formula is C13H23NOS. The first kappa shape index (κ1) is 13.7. The second-order valence-electron chi connectivity index (χ2n) is 4.41. The third-order valence-corrected chi connectivity index (χ3v) is 3.47. The molecule has 0 spiro atoms. The Morgan fingerprint density at radius 3 is 2.62 bits per heavy atom. The molecule has 0 unspecified atom stereocenters. The summed E-state index contributed by atoms with van der Waals surface area (Å²) >= 11 is 1.87. The van der Waals surface area contributed by atoms with Crippen molar-refractivity contribution in [3.63, 3.8) is 0 Å². The Labute approximate surface area is 103 Å². The third kappa shape index (κ3) is 5.10. The Balaban J connectivity index is 2.09. The molecule has 0 radical (unpaired) electrons. The van der Waals surface area contributed by atoms with Gasteiger partial charge in [0.1, 0.15) is 0 Å². The highest BCUT2D eigenvalue weighted by molar-refractivity contribution is 7.12. The van der Waals surface area contributed by atoms with Gasteiger partial charge < -0.3 is 10.1 Å². The summed E-state index contributed by atoms with van der Waals surface area (Å²) in [7, 11) is 0. The van der Waals surface area contributed by atoms with Crippen molar-refractivity contribution in [2.75, 3.05) is 19.8 Å². The Hall–Kier alpha value is -0.380. The lowest BCUT2D eigenvalue weighted by Gasteiger charge is -2.08. The van der Waals surface area contributed by atoms with E-state index in [4.69, 9.17) is 4.74 Å². The number of nitrogens with one attached hydrogen (secondary N) is 1. The highest BCUT2D eigenvalue weighted by Crippen LogP contribution is 2.20. The first-order valence-electron chi connectivity index (χ1n) is 5.96. The third-order valence-electron chi connectivity index (χ3n) is 2.46. The summed E-state index contributed by atoms with van der Waals surface area (Å²) in [5.74, 6) is 0. The summed E-state index contributed by atoms with van der Waals surface area (Å²) < 4.78 is 5.59. The van der Waals surface area contributed by atoms with Gasteiger partial charge in [-0.25, -0.2) is 0 Å². The molecule has 2 nitrogen and oxygen atoms in total. The van der Waals surface area contributed by atoms with E-state index in [1.807, 2.05) is 11.3 Å². The van der Waals surface area contributed by atoms with Gasteiger partial charge in [0.15, 0.2) is 0 Å². The average molecular weight is 241 g/mol. The minimum absolute atomic E-state index is 0.547. The van der Waals surface area contributed by atoms with Crippen LogP contribution < -0.4 is 5.32 Å². The molecule has 16 heavy (non-hydrogen) atoms. The van der Waals surface area contributed by atoms with Crippen molar-refractivity contribution in [2.45, 2.75) is 40.2 Å². The molecule has 1 aromatic heterocycles. The highest BCUT2D eigenvalue weighted by Gasteiger charge is 2.02. The smallest absolute Gasteiger partial charge is 0.0591 e. The van der Waals surface area contributed by atoms with E-state index in [0.717, 1.165) is 26.2 Å². The van der Waals surface area contributed by atoms with Gasteiger partial charge in [-0.05, 0) is 31.9 Å². The summed E-state index contributed by atoms with van der Waals surface area (Å²) in [5, 5.41) is 3.34. The van der Waals surface area contributed by atoms with Crippen LogP contribution in [0.1, 0.15) is 29.2 Å². The molecule has 1 rings (SSSR count). The van der Waals surface area contributed by atoms with Crippen LogP contribution in [0.3, 0.4) is 0 Å². The molecule has 1 N–H and O–H groups in total. The van der Waals surface area contributed by atoms with E-state index in [0.29, 0.717) is 6.04 Å². The van der Waals surface area contributed by atoms with Crippen LogP contribution in [-0.4, -0.2) is 25.8 Å². The SMILES string of the molecule is Cc1cc(CCOCCNC(C)C)c(C)s1. The molecule has 1 aromatic rings. The molecule has 0 fully saturated rings. The van der Waals surface area contributed by atoms with Crippen molar-refractivity contribution in [3.8, 4) is 0 Å². The lowest BCUT2D eigenvalue weighted by molar-refractivity contribution is 0.137. The van der Waals surface area contributed by atoms with E-state index in [-0.39, 0.29) is 0 Å². The summed E-state index contributed by atoms with van der Waals surface area (Å²) in [6.45, 7) is 11.2. The maximum Gasteiger partial charge on any atom is 0.0591 e. The zero-order chi connectivity index (χ0) is 12.0. The summed E-state index contributed by atoms with van der Waals surface area (Å²) in [6, 6.07) is 2.82. The van der Waals surface area contributed by atoms with E-state index >= 15 is 0 Å². The molecule has 0 aliphatic carbocycles. The standard InChI is InChI=1S/C13H23NOS/c1-10(2)14-6-8-15-7-5-13-9-11(3)16-12(13)4/h9-10,14H,5-8H2,1-4H3. The van der Waals surface area contributed by atoms with Gasteiger partial charge in [0, 0.05) is 22.3 Å². The average Bonchev–Trinajstić information content (AvgIpc) is 2.50. The largest absolute Gasteiger partial charge is 0.380 e. The number of hydrogen-bond acceptors (Lipinski definition) is 3. The van der Waals surface area contributed by atoms with Crippen LogP contribution in [0.4, 0.5) is 0 Å². The second kappa shape index (κ2) is 7.05. The fourth-order valence-electron chi connectivity index (χ4n) is 1.64. The van der Waals surface area contributed by atoms with Gasteiger partial charge in [0.25, 0.3) is 0 Å². The number of aryl methyl sites for hydroxylation is 2. The molecule has 1 heterocycles. The first-order chi connectivity index (χ1) is 7.59. The fraction of sp³-hybridized carbons (Fsp3) is 0.692. The molecule has 3 heteroatoms. The topological polar surface area (TPSA) is 21.3 Å². The summed E-state index contributed by atoms with van der Waals surface area (Å²) in [4.78, 5) is 2.83. The Morgan fingerprint density at radius 1 is 1.31 bits per heavy atom. The van der Waals surface area contributed by atoms with Crippen LogP contribution in [0.25, 0.3) is 0 Å². The van der Waals surface area contributed by atoms with Gasteiger partial charge >= 0.3 is 0 Å². The van der Waals surface area contributed by atoms with Gasteiger partial charge in [0.05, 0.1) is 13.2 Å². The molecule has 0 aliphatic heterocycles. The number of hydrogen-bond donors (Lipinski definition) is 1. The molecule has 0 aliphatic rings. The highest BCUT2D eigenvalue weighted by atomic mass is 32.1. The van der Waals surface area contributed by atoms with Gasteiger partial charge in [-0.3, -0.25) is 0 Å². The molecule has 0 saturated heterocycles.